The minimum atomic E-state index is -1.13. The summed E-state index contributed by atoms with van der Waals surface area (Å²) in [6.07, 6.45) is 3.56. The van der Waals surface area contributed by atoms with E-state index in [1.165, 1.54) is 12.3 Å². The maximum atomic E-state index is 12.6. The highest BCUT2D eigenvalue weighted by atomic mass is 35.5. The third-order valence-electron chi connectivity index (χ3n) is 5.67. The number of ether oxygens (including phenoxy) is 2. The minimum Gasteiger partial charge on any atom is -0.490 e. The number of hydrogen-bond donors (Lipinski definition) is 4. The molecule has 1 atom stereocenters. The molecule has 0 spiro atoms. The number of halogens is 1. The predicted octanol–water partition coefficient (Wildman–Crippen LogP) is 4.99. The van der Waals surface area contributed by atoms with Crippen LogP contribution >= 0.6 is 11.6 Å². The molecule has 188 valence electrons. The number of hydrogen-bond acceptors (Lipinski definition) is 6. The number of carbonyl (C=O) groups excluding carboxylic acids is 1. The van der Waals surface area contributed by atoms with Gasteiger partial charge in [-0.3, -0.25) is 0 Å². The van der Waals surface area contributed by atoms with Gasteiger partial charge < -0.3 is 30.5 Å². The summed E-state index contributed by atoms with van der Waals surface area (Å²) < 4.78 is 11.7. The first-order valence-electron chi connectivity index (χ1n) is 11.5. The number of aromatic nitrogens is 1. The largest absolute Gasteiger partial charge is 0.490 e. The second kappa shape index (κ2) is 11.7. The lowest BCUT2D eigenvalue weighted by atomic mass is 10.2. The standard InChI is InChI=1S/C26H27ClN4O5/c1-16-11-24(35-15-18-3-2-9-28-18)22(13-21(16)27)31-26(34)30-14-17-4-6-19(7-5-17)36-20-8-10-29-23(12-20)25(32)33/h4-8,10-13,18,28H,2-3,9,14-15H2,1H3,(H,32,33)(H2,30,31,34). The zero-order valence-electron chi connectivity index (χ0n) is 19.7. The molecule has 3 aromatic rings. The normalized spacial score (nSPS) is 14.8. The number of nitrogens with zero attached hydrogens (tertiary/aromatic N) is 1. The molecule has 0 bridgehead atoms. The maximum Gasteiger partial charge on any atom is 0.354 e. The van der Waals surface area contributed by atoms with Gasteiger partial charge in [-0.1, -0.05) is 23.7 Å². The van der Waals surface area contributed by atoms with E-state index < -0.39 is 12.0 Å². The van der Waals surface area contributed by atoms with Gasteiger partial charge in [-0.25, -0.2) is 14.6 Å². The lowest BCUT2D eigenvalue weighted by molar-refractivity contribution is 0.0690. The van der Waals surface area contributed by atoms with Crippen LogP contribution in [0.3, 0.4) is 0 Å². The number of amides is 2. The van der Waals surface area contributed by atoms with Gasteiger partial charge in [0.15, 0.2) is 5.69 Å². The Bertz CT molecular complexity index is 1230. The average Bonchev–Trinajstić information content (AvgIpc) is 3.39. The molecule has 1 fully saturated rings. The summed E-state index contributed by atoms with van der Waals surface area (Å²) in [4.78, 5) is 27.4. The molecule has 1 aliphatic rings. The smallest absolute Gasteiger partial charge is 0.354 e. The summed E-state index contributed by atoms with van der Waals surface area (Å²) in [5.74, 6) is 0.340. The van der Waals surface area contributed by atoms with Crippen molar-refractivity contribution in [3.8, 4) is 17.2 Å². The second-order valence-corrected chi connectivity index (χ2v) is 8.84. The van der Waals surface area contributed by atoms with Gasteiger partial charge in [0.2, 0.25) is 0 Å². The monoisotopic (exact) mass is 510 g/mol. The van der Waals surface area contributed by atoms with Crippen LogP contribution in [-0.4, -0.2) is 41.3 Å². The van der Waals surface area contributed by atoms with Crippen molar-refractivity contribution in [1.82, 2.24) is 15.6 Å². The lowest BCUT2D eigenvalue weighted by Crippen LogP contribution is -2.30. The van der Waals surface area contributed by atoms with Gasteiger partial charge in [0, 0.05) is 29.9 Å². The van der Waals surface area contributed by atoms with E-state index >= 15 is 0 Å². The molecule has 4 rings (SSSR count). The fourth-order valence-corrected chi connectivity index (χ4v) is 3.88. The van der Waals surface area contributed by atoms with E-state index in [1.54, 1.807) is 36.4 Å². The van der Waals surface area contributed by atoms with Crippen LogP contribution in [0.15, 0.2) is 54.7 Å². The van der Waals surface area contributed by atoms with Crippen molar-refractivity contribution in [2.45, 2.75) is 32.4 Å². The molecule has 36 heavy (non-hydrogen) atoms. The highest BCUT2D eigenvalue weighted by Gasteiger charge is 2.17. The summed E-state index contributed by atoms with van der Waals surface area (Å²) in [5, 5.41) is 18.6. The van der Waals surface area contributed by atoms with Crippen molar-refractivity contribution in [3.05, 3.63) is 76.6 Å². The molecule has 2 amide bonds. The molecule has 1 aromatic heterocycles. The number of carboxylic acids is 1. The van der Waals surface area contributed by atoms with Gasteiger partial charge in [0.05, 0.1) is 5.69 Å². The van der Waals surface area contributed by atoms with Crippen LogP contribution in [0.4, 0.5) is 10.5 Å². The molecule has 4 N–H and O–H groups in total. The van der Waals surface area contributed by atoms with E-state index in [-0.39, 0.29) is 12.2 Å². The topological polar surface area (TPSA) is 122 Å². The van der Waals surface area contributed by atoms with Gasteiger partial charge in [-0.15, -0.1) is 0 Å². The van der Waals surface area contributed by atoms with Gasteiger partial charge in [0.1, 0.15) is 23.9 Å². The maximum absolute atomic E-state index is 12.6. The third-order valence-corrected chi connectivity index (χ3v) is 6.08. The SMILES string of the molecule is Cc1cc(OCC2CCCN2)c(NC(=O)NCc2ccc(Oc3ccnc(C(=O)O)c3)cc2)cc1Cl. The van der Waals surface area contributed by atoms with Crippen molar-refractivity contribution in [2.75, 3.05) is 18.5 Å². The Morgan fingerprint density at radius 3 is 2.69 bits per heavy atom. The van der Waals surface area contributed by atoms with E-state index in [0.29, 0.717) is 40.6 Å². The predicted molar refractivity (Wildman–Crippen MR) is 136 cm³/mol. The highest BCUT2D eigenvalue weighted by molar-refractivity contribution is 6.31. The van der Waals surface area contributed by atoms with Crippen LogP contribution in [0.5, 0.6) is 17.2 Å². The summed E-state index contributed by atoms with van der Waals surface area (Å²) >= 11 is 6.28. The molecule has 9 nitrogen and oxygen atoms in total. The molecule has 2 heterocycles. The average molecular weight is 511 g/mol. The minimum absolute atomic E-state index is 0.0991. The van der Waals surface area contributed by atoms with Crippen LogP contribution in [-0.2, 0) is 6.54 Å². The van der Waals surface area contributed by atoms with Crippen molar-refractivity contribution < 1.29 is 24.2 Å². The van der Waals surface area contributed by atoms with Crippen LogP contribution in [0, 0.1) is 6.92 Å². The van der Waals surface area contributed by atoms with Crippen LogP contribution in [0.25, 0.3) is 0 Å². The zero-order chi connectivity index (χ0) is 25.5. The number of rotatable bonds is 9. The fraction of sp³-hybridized carbons (Fsp3) is 0.269. The van der Waals surface area contributed by atoms with Crippen LogP contribution in [0.1, 0.15) is 34.5 Å². The Hall–Kier alpha value is -3.82. The fourth-order valence-electron chi connectivity index (χ4n) is 3.71. The lowest BCUT2D eigenvalue weighted by Gasteiger charge is -2.17. The van der Waals surface area contributed by atoms with Crippen molar-refractivity contribution in [2.24, 2.45) is 0 Å². The number of aromatic carboxylic acids is 1. The van der Waals surface area contributed by atoms with Crippen molar-refractivity contribution in [1.29, 1.82) is 0 Å². The molecule has 10 heteroatoms. The zero-order valence-corrected chi connectivity index (χ0v) is 20.5. The number of pyridine rings is 1. The number of anilines is 1. The Morgan fingerprint density at radius 1 is 1.17 bits per heavy atom. The number of carbonyl (C=O) groups is 2. The van der Waals surface area contributed by atoms with E-state index in [4.69, 9.17) is 26.2 Å². The van der Waals surface area contributed by atoms with E-state index in [0.717, 1.165) is 30.5 Å². The van der Waals surface area contributed by atoms with Crippen molar-refractivity contribution >= 4 is 29.3 Å². The number of carboxylic acid groups (broad SMARTS) is 1. The molecule has 1 aliphatic heterocycles. The number of aryl methyl sites for hydroxylation is 1. The Labute approximate surface area is 213 Å². The van der Waals surface area contributed by atoms with Crippen molar-refractivity contribution in [3.63, 3.8) is 0 Å². The van der Waals surface area contributed by atoms with Gasteiger partial charge in [0.25, 0.3) is 0 Å². The summed E-state index contributed by atoms with van der Waals surface area (Å²) in [5.41, 5.74) is 2.12. The first-order chi connectivity index (χ1) is 17.4. The number of benzene rings is 2. The molecule has 0 saturated carbocycles. The quantitative estimate of drug-likeness (QED) is 0.320. The number of nitrogens with one attached hydrogen (secondary N) is 3. The number of urea groups is 1. The summed E-state index contributed by atoms with van der Waals surface area (Å²) in [6.45, 7) is 3.68. The molecular formula is C26H27ClN4O5. The van der Waals surface area contributed by atoms with E-state index in [9.17, 15) is 9.59 Å². The molecular weight excluding hydrogens is 484 g/mol. The highest BCUT2D eigenvalue weighted by Crippen LogP contribution is 2.31. The molecule has 1 unspecified atom stereocenters. The Kier molecular flexibility index (Phi) is 8.24. The van der Waals surface area contributed by atoms with E-state index in [1.807, 2.05) is 13.0 Å². The van der Waals surface area contributed by atoms with Gasteiger partial charge in [-0.2, -0.15) is 0 Å². The molecule has 1 saturated heterocycles. The summed E-state index contributed by atoms with van der Waals surface area (Å²) in [7, 11) is 0. The molecule has 0 radical (unpaired) electrons. The second-order valence-electron chi connectivity index (χ2n) is 8.44. The van der Waals surface area contributed by atoms with Crippen LogP contribution in [0.2, 0.25) is 5.02 Å². The van der Waals surface area contributed by atoms with Gasteiger partial charge in [-0.05, 0) is 67.8 Å². The first-order valence-corrected chi connectivity index (χ1v) is 11.9. The van der Waals surface area contributed by atoms with E-state index in [2.05, 4.69) is 20.9 Å². The Balaban J connectivity index is 1.32. The van der Waals surface area contributed by atoms with Crippen LogP contribution < -0.4 is 25.4 Å². The van der Waals surface area contributed by atoms with Gasteiger partial charge >= 0.3 is 12.0 Å². The third kappa shape index (κ3) is 6.87. The first kappa shape index (κ1) is 25.3. The summed E-state index contributed by atoms with van der Waals surface area (Å²) in [6, 6.07) is 13.4. The molecule has 0 aliphatic carbocycles. The Morgan fingerprint density at radius 2 is 1.97 bits per heavy atom. The molecule has 2 aromatic carbocycles.